The van der Waals surface area contributed by atoms with Gasteiger partial charge in [0.15, 0.2) is 6.07 Å². The SMILES string of the molecule is CC(C)Oc1ccc(CCNC(=O)C#N)cc1. The number of ether oxygens (including phenoxy) is 1. The normalized spacial score (nSPS) is 9.76. The minimum atomic E-state index is -0.593. The number of carbonyl (C=O) groups is 1. The molecule has 0 radical (unpaired) electrons. The Bertz CT molecular complexity index is 404. The first-order valence-electron chi connectivity index (χ1n) is 5.55. The molecule has 0 bridgehead atoms. The van der Waals surface area contributed by atoms with Crippen LogP contribution in [-0.4, -0.2) is 18.6 Å². The molecule has 0 aliphatic carbocycles. The standard InChI is InChI=1S/C13H16N2O2/c1-10(2)17-12-5-3-11(4-6-12)7-8-15-13(16)9-14/h3-6,10H,7-8H2,1-2H3,(H,15,16). The van der Waals surface area contributed by atoms with Gasteiger partial charge in [0.1, 0.15) is 5.75 Å². The van der Waals surface area contributed by atoms with Crippen LogP contribution in [0.25, 0.3) is 0 Å². The Labute approximate surface area is 101 Å². The van der Waals surface area contributed by atoms with E-state index in [0.717, 1.165) is 11.3 Å². The number of amides is 1. The summed E-state index contributed by atoms with van der Waals surface area (Å²) >= 11 is 0. The Morgan fingerprint density at radius 3 is 2.59 bits per heavy atom. The molecule has 1 amide bonds. The van der Waals surface area contributed by atoms with Crippen molar-refractivity contribution >= 4 is 5.91 Å². The van der Waals surface area contributed by atoms with Crippen LogP contribution in [0.3, 0.4) is 0 Å². The monoisotopic (exact) mass is 232 g/mol. The molecule has 0 aliphatic heterocycles. The summed E-state index contributed by atoms with van der Waals surface area (Å²) in [5.41, 5.74) is 1.10. The highest BCUT2D eigenvalue weighted by Crippen LogP contribution is 2.13. The number of rotatable bonds is 5. The number of hydrogen-bond donors (Lipinski definition) is 1. The van der Waals surface area contributed by atoms with Crippen LogP contribution in [0, 0.1) is 11.3 Å². The van der Waals surface area contributed by atoms with Gasteiger partial charge < -0.3 is 10.1 Å². The second-order valence-electron chi connectivity index (χ2n) is 3.93. The smallest absolute Gasteiger partial charge is 0.322 e. The minimum absolute atomic E-state index is 0.163. The number of benzene rings is 1. The van der Waals surface area contributed by atoms with Gasteiger partial charge >= 0.3 is 5.91 Å². The number of carbonyl (C=O) groups excluding carboxylic acids is 1. The van der Waals surface area contributed by atoms with Crippen molar-refractivity contribution in [2.45, 2.75) is 26.4 Å². The number of hydrogen-bond acceptors (Lipinski definition) is 3. The zero-order chi connectivity index (χ0) is 12.7. The molecule has 4 nitrogen and oxygen atoms in total. The van der Waals surface area contributed by atoms with Crippen LogP contribution >= 0.6 is 0 Å². The minimum Gasteiger partial charge on any atom is -0.491 e. The summed E-state index contributed by atoms with van der Waals surface area (Å²) < 4.78 is 5.52. The van der Waals surface area contributed by atoms with Crippen LogP contribution in [0.5, 0.6) is 5.75 Å². The van der Waals surface area contributed by atoms with Crippen molar-refractivity contribution in [1.82, 2.24) is 5.32 Å². The molecule has 1 aromatic rings. The van der Waals surface area contributed by atoms with Gasteiger partial charge in [0.25, 0.3) is 0 Å². The van der Waals surface area contributed by atoms with Gasteiger partial charge in [-0.15, -0.1) is 0 Å². The van der Waals surface area contributed by atoms with Gasteiger partial charge in [-0.25, -0.2) is 0 Å². The van der Waals surface area contributed by atoms with E-state index in [0.29, 0.717) is 13.0 Å². The molecule has 1 rings (SSSR count). The number of nitrogens with one attached hydrogen (secondary N) is 1. The van der Waals surface area contributed by atoms with E-state index in [4.69, 9.17) is 10.00 Å². The van der Waals surface area contributed by atoms with Crippen molar-refractivity contribution < 1.29 is 9.53 Å². The third kappa shape index (κ3) is 5.03. The third-order valence-electron chi connectivity index (χ3n) is 2.10. The highest BCUT2D eigenvalue weighted by Gasteiger charge is 1.99. The Balaban J connectivity index is 2.41. The molecule has 0 aliphatic rings. The molecule has 0 heterocycles. The third-order valence-corrected chi connectivity index (χ3v) is 2.10. The van der Waals surface area contributed by atoms with Gasteiger partial charge in [-0.05, 0) is 38.0 Å². The van der Waals surface area contributed by atoms with E-state index >= 15 is 0 Å². The van der Waals surface area contributed by atoms with Crippen LogP contribution in [0.2, 0.25) is 0 Å². The summed E-state index contributed by atoms with van der Waals surface area (Å²) in [4.78, 5) is 10.7. The summed E-state index contributed by atoms with van der Waals surface area (Å²) in [6, 6.07) is 9.23. The quantitative estimate of drug-likeness (QED) is 0.785. The van der Waals surface area contributed by atoms with Crippen molar-refractivity contribution in [2.75, 3.05) is 6.54 Å². The fourth-order valence-electron chi connectivity index (χ4n) is 1.37. The van der Waals surface area contributed by atoms with E-state index in [2.05, 4.69) is 5.32 Å². The molecular weight excluding hydrogens is 216 g/mol. The van der Waals surface area contributed by atoms with Crippen LogP contribution < -0.4 is 10.1 Å². The first kappa shape index (κ1) is 13.0. The predicted octanol–water partition coefficient (Wildman–Crippen LogP) is 1.66. The summed E-state index contributed by atoms with van der Waals surface area (Å²) in [5.74, 6) is 0.245. The maximum atomic E-state index is 10.7. The summed E-state index contributed by atoms with van der Waals surface area (Å²) in [7, 11) is 0. The summed E-state index contributed by atoms with van der Waals surface area (Å²) in [6.45, 7) is 4.42. The fraction of sp³-hybridized carbons (Fsp3) is 0.385. The second-order valence-corrected chi connectivity index (χ2v) is 3.93. The van der Waals surface area contributed by atoms with Gasteiger partial charge in [0.2, 0.25) is 0 Å². The largest absolute Gasteiger partial charge is 0.491 e. The van der Waals surface area contributed by atoms with Crippen LogP contribution in [0.1, 0.15) is 19.4 Å². The molecule has 4 heteroatoms. The number of nitrogens with zero attached hydrogens (tertiary/aromatic N) is 1. The zero-order valence-corrected chi connectivity index (χ0v) is 10.1. The van der Waals surface area contributed by atoms with Crippen LogP contribution in [0.4, 0.5) is 0 Å². The maximum Gasteiger partial charge on any atom is 0.322 e. The van der Waals surface area contributed by atoms with Crippen LogP contribution in [0.15, 0.2) is 24.3 Å². The summed E-state index contributed by atoms with van der Waals surface area (Å²) in [6.07, 6.45) is 0.866. The molecule has 90 valence electrons. The number of nitriles is 1. The Hall–Kier alpha value is -2.02. The molecule has 1 N–H and O–H groups in total. The average molecular weight is 232 g/mol. The Morgan fingerprint density at radius 1 is 1.41 bits per heavy atom. The molecule has 0 spiro atoms. The molecular formula is C13H16N2O2. The van der Waals surface area contributed by atoms with Crippen molar-refractivity contribution in [3.8, 4) is 11.8 Å². The van der Waals surface area contributed by atoms with Crippen molar-refractivity contribution in [2.24, 2.45) is 0 Å². The lowest BCUT2D eigenvalue weighted by atomic mass is 10.1. The Morgan fingerprint density at radius 2 is 2.06 bits per heavy atom. The molecule has 0 saturated carbocycles. The van der Waals surface area contributed by atoms with Gasteiger partial charge in [-0.1, -0.05) is 12.1 Å². The predicted molar refractivity (Wildman–Crippen MR) is 64.5 cm³/mol. The molecule has 0 unspecified atom stereocenters. The lowest BCUT2D eigenvalue weighted by molar-refractivity contribution is -0.115. The lowest BCUT2D eigenvalue weighted by Gasteiger charge is -2.10. The first-order chi connectivity index (χ1) is 8.11. The van der Waals surface area contributed by atoms with Gasteiger partial charge in [-0.2, -0.15) is 5.26 Å². The fourth-order valence-corrected chi connectivity index (χ4v) is 1.37. The highest BCUT2D eigenvalue weighted by atomic mass is 16.5. The van der Waals surface area contributed by atoms with Crippen molar-refractivity contribution in [1.29, 1.82) is 5.26 Å². The highest BCUT2D eigenvalue weighted by molar-refractivity contribution is 5.91. The van der Waals surface area contributed by atoms with Crippen molar-refractivity contribution in [3.63, 3.8) is 0 Å². The lowest BCUT2D eigenvalue weighted by Crippen LogP contribution is -2.23. The second kappa shape index (κ2) is 6.54. The van der Waals surface area contributed by atoms with Gasteiger partial charge in [0.05, 0.1) is 6.10 Å². The Kier molecular flexibility index (Phi) is 5.02. The molecule has 1 aromatic carbocycles. The average Bonchev–Trinajstić information content (AvgIpc) is 2.30. The van der Waals surface area contributed by atoms with E-state index in [1.54, 1.807) is 0 Å². The van der Waals surface area contributed by atoms with E-state index in [1.807, 2.05) is 38.1 Å². The van der Waals surface area contributed by atoms with E-state index < -0.39 is 5.91 Å². The van der Waals surface area contributed by atoms with E-state index in [1.165, 1.54) is 6.07 Å². The zero-order valence-electron chi connectivity index (χ0n) is 10.1. The van der Waals surface area contributed by atoms with Gasteiger partial charge in [0, 0.05) is 6.54 Å². The molecule has 0 aromatic heterocycles. The molecule has 17 heavy (non-hydrogen) atoms. The topological polar surface area (TPSA) is 62.1 Å². The molecule has 0 atom stereocenters. The maximum absolute atomic E-state index is 10.7. The molecule has 0 fully saturated rings. The first-order valence-corrected chi connectivity index (χ1v) is 5.55. The van der Waals surface area contributed by atoms with Crippen molar-refractivity contribution in [3.05, 3.63) is 29.8 Å². The summed E-state index contributed by atoms with van der Waals surface area (Å²) in [5, 5.41) is 10.8. The molecule has 0 saturated heterocycles. The van der Waals surface area contributed by atoms with Gasteiger partial charge in [-0.3, -0.25) is 4.79 Å². The van der Waals surface area contributed by atoms with Crippen LogP contribution in [-0.2, 0) is 11.2 Å². The van der Waals surface area contributed by atoms with E-state index in [9.17, 15) is 4.79 Å². The van der Waals surface area contributed by atoms with E-state index in [-0.39, 0.29) is 6.10 Å².